The Morgan fingerprint density at radius 1 is 0.492 bits per heavy atom. The molecule has 1 aromatic carbocycles. The lowest BCUT2D eigenvalue weighted by Gasteiger charge is -2.18. The van der Waals surface area contributed by atoms with Gasteiger partial charge in [-0.15, -0.1) is 0 Å². The van der Waals surface area contributed by atoms with Gasteiger partial charge in [-0.05, 0) is 26.2 Å². The summed E-state index contributed by atoms with van der Waals surface area (Å²) in [5, 5.41) is 10.1. The number of fused-ring (bicyclic) bond motifs is 2. The van der Waals surface area contributed by atoms with Gasteiger partial charge in [-0.3, -0.25) is 0 Å². The number of allylic oxidation sites excluding steroid dienone is 1. The lowest BCUT2D eigenvalue weighted by Crippen LogP contribution is -2.07. The first-order valence-electron chi connectivity index (χ1n) is 25.7. The summed E-state index contributed by atoms with van der Waals surface area (Å²) in [7, 11) is 0. The molecule has 354 valence electrons. The number of rotatable bonds is 39. The van der Waals surface area contributed by atoms with Crippen molar-refractivity contribution in [3.8, 4) is 17.6 Å². The number of thioether (sulfide) groups is 4. The molecule has 6 nitrogen and oxygen atoms in total. The van der Waals surface area contributed by atoms with E-state index in [1.54, 1.807) is 30.4 Å². The highest BCUT2D eigenvalue weighted by atomic mass is 32.2. The largest absolute Gasteiger partial charge is 0.491 e. The van der Waals surface area contributed by atoms with Gasteiger partial charge in [0.25, 0.3) is 0 Å². The van der Waals surface area contributed by atoms with Crippen LogP contribution in [0.25, 0.3) is 4.85 Å². The molecule has 63 heavy (non-hydrogen) atoms. The molecule has 0 spiro atoms. The Morgan fingerprint density at radius 3 is 1.06 bits per heavy atom. The van der Waals surface area contributed by atoms with Crippen molar-refractivity contribution in [3.63, 3.8) is 0 Å². The minimum Gasteiger partial charge on any atom is -0.491 e. The maximum atomic E-state index is 12.9. The van der Waals surface area contributed by atoms with Crippen LogP contribution < -0.4 is 9.47 Å². The van der Waals surface area contributed by atoms with Crippen LogP contribution in [0, 0.1) is 17.9 Å². The van der Waals surface area contributed by atoms with Crippen LogP contribution in [0.2, 0.25) is 0 Å². The molecule has 0 aromatic heterocycles. The first-order chi connectivity index (χ1) is 31.0. The third-order valence-electron chi connectivity index (χ3n) is 12.0. The van der Waals surface area contributed by atoms with E-state index in [1.807, 2.05) is 6.92 Å². The highest BCUT2D eigenvalue weighted by molar-refractivity contribution is 8.26. The van der Waals surface area contributed by atoms with Crippen LogP contribution in [0.5, 0.6) is 11.5 Å². The molecular formula is C53H84N2O4S4. The summed E-state index contributed by atoms with van der Waals surface area (Å²) in [5.41, 5.74) is 0.779. The SMILES string of the molecule is [C-]#[N+]C(CC)=C1Sc2c(OCCCCCCCCCCCCCCCCCC)c3c(c(OCCCCCCCCCCCCCCCCCC)c2S1)SC(=C(C#N)C(=O)OCC)S3. The van der Waals surface area contributed by atoms with Crippen molar-refractivity contribution in [1.82, 2.24) is 0 Å². The van der Waals surface area contributed by atoms with E-state index in [2.05, 4.69) is 24.8 Å². The number of nitrogens with zero attached hydrogens (tertiary/aromatic N) is 2. The lowest BCUT2D eigenvalue weighted by atomic mass is 10.0. The minimum absolute atomic E-state index is 0.0258. The molecule has 0 saturated carbocycles. The topological polar surface area (TPSA) is 72.9 Å². The Morgan fingerprint density at radius 2 is 0.794 bits per heavy atom. The summed E-state index contributed by atoms with van der Waals surface area (Å²) in [6.45, 7) is 17.7. The van der Waals surface area contributed by atoms with E-state index in [0.29, 0.717) is 23.9 Å². The standard InChI is InChI=1S/C53H84N2O4S4/c1-6-10-12-14-16-18-20-22-24-26-28-30-32-34-36-38-40-58-45-47-48(61-52(60-47)43(42-54)51(56)57-9-4)46(50-49(45)62-53(63-50)44(8-3)55-5)59-41-39-37-35-33-31-29-27-25-23-21-19-17-15-13-11-7-2/h6-41H2,1-4H3. The second-order valence-electron chi connectivity index (χ2n) is 17.4. The van der Waals surface area contributed by atoms with Crippen molar-refractivity contribution < 1.29 is 19.0 Å². The number of hydrogen-bond acceptors (Lipinski definition) is 9. The summed E-state index contributed by atoms with van der Waals surface area (Å²) in [6, 6.07) is 2.13. The Labute approximate surface area is 402 Å². The van der Waals surface area contributed by atoms with Crippen LogP contribution in [0.15, 0.2) is 39.3 Å². The monoisotopic (exact) mass is 941 g/mol. The quantitative estimate of drug-likeness (QED) is 0.0211. The number of unbranched alkanes of at least 4 members (excludes halogenated alkanes) is 30. The van der Waals surface area contributed by atoms with Crippen LogP contribution in [-0.4, -0.2) is 25.8 Å². The van der Waals surface area contributed by atoms with Crippen LogP contribution in [0.3, 0.4) is 0 Å². The fourth-order valence-corrected chi connectivity index (χ4v) is 13.7. The van der Waals surface area contributed by atoms with E-state index in [1.165, 1.54) is 203 Å². The molecule has 0 aliphatic carbocycles. The third kappa shape index (κ3) is 21.6. The summed E-state index contributed by atoms with van der Waals surface area (Å²) in [4.78, 5) is 20.6. The predicted molar refractivity (Wildman–Crippen MR) is 273 cm³/mol. The van der Waals surface area contributed by atoms with Crippen molar-refractivity contribution in [1.29, 1.82) is 5.26 Å². The summed E-state index contributed by atoms with van der Waals surface area (Å²) >= 11 is 6.07. The fourth-order valence-electron chi connectivity index (χ4n) is 8.18. The molecule has 0 unspecified atom stereocenters. The summed E-state index contributed by atoms with van der Waals surface area (Å²) in [6.07, 6.45) is 43.0. The Balaban J connectivity index is 1.55. The molecule has 0 radical (unpaired) electrons. The minimum atomic E-state index is -0.597. The van der Waals surface area contributed by atoms with E-state index < -0.39 is 5.97 Å². The Bertz CT molecular complexity index is 1520. The summed E-state index contributed by atoms with van der Waals surface area (Å²) < 4.78 is 20.3. The van der Waals surface area contributed by atoms with Gasteiger partial charge >= 0.3 is 5.97 Å². The highest BCUT2D eigenvalue weighted by Gasteiger charge is 2.39. The number of nitriles is 1. The van der Waals surface area contributed by atoms with E-state index in [-0.39, 0.29) is 12.2 Å². The molecule has 0 bridgehead atoms. The average molecular weight is 942 g/mol. The van der Waals surface area contributed by atoms with E-state index >= 15 is 0 Å². The second-order valence-corrected chi connectivity index (χ2v) is 22.0. The first kappa shape index (κ1) is 55.5. The normalized spacial score (nSPS) is 12.9. The van der Waals surface area contributed by atoms with Crippen molar-refractivity contribution in [3.05, 3.63) is 31.2 Å². The molecule has 0 atom stereocenters. The molecule has 10 heteroatoms. The highest BCUT2D eigenvalue weighted by Crippen LogP contribution is 2.68. The fraction of sp³-hybridized carbons (Fsp3) is 0.755. The van der Waals surface area contributed by atoms with Gasteiger partial charge in [0, 0.05) is 0 Å². The molecule has 0 fully saturated rings. The van der Waals surface area contributed by atoms with E-state index in [9.17, 15) is 10.1 Å². The number of benzene rings is 1. The average Bonchev–Trinajstić information content (AvgIpc) is 3.92. The predicted octanol–water partition coefficient (Wildman–Crippen LogP) is 19.2. The molecule has 0 saturated heterocycles. The zero-order chi connectivity index (χ0) is 45.2. The maximum absolute atomic E-state index is 12.9. The van der Waals surface area contributed by atoms with Gasteiger partial charge in [0.15, 0.2) is 11.3 Å². The van der Waals surface area contributed by atoms with Gasteiger partial charge in [-0.2, -0.15) is 5.26 Å². The van der Waals surface area contributed by atoms with Gasteiger partial charge in [0.2, 0.25) is 0 Å². The molecule has 2 heterocycles. The van der Waals surface area contributed by atoms with Gasteiger partial charge in [0.1, 0.15) is 17.6 Å². The Kier molecular flexibility index (Phi) is 32.0. The van der Waals surface area contributed by atoms with Crippen LogP contribution in [-0.2, 0) is 9.53 Å². The number of hydrogen-bond donors (Lipinski definition) is 0. The lowest BCUT2D eigenvalue weighted by molar-refractivity contribution is -0.138. The molecule has 3 rings (SSSR count). The molecule has 0 amide bonds. The number of esters is 1. The van der Waals surface area contributed by atoms with Crippen molar-refractivity contribution in [2.45, 2.75) is 259 Å². The van der Waals surface area contributed by atoms with Crippen LogP contribution >= 0.6 is 47.0 Å². The molecule has 1 aromatic rings. The summed E-state index contributed by atoms with van der Waals surface area (Å²) in [5.74, 6) is 0.981. The van der Waals surface area contributed by atoms with Crippen molar-refractivity contribution in [2.24, 2.45) is 0 Å². The number of carbonyl (C=O) groups is 1. The molecule has 2 aliphatic heterocycles. The molecular weight excluding hydrogens is 857 g/mol. The zero-order valence-electron chi connectivity index (χ0n) is 40.1. The van der Waals surface area contributed by atoms with Gasteiger partial charge in [0.05, 0.1) is 54.4 Å². The van der Waals surface area contributed by atoms with Crippen LogP contribution in [0.4, 0.5) is 0 Å². The zero-order valence-corrected chi connectivity index (χ0v) is 43.4. The van der Waals surface area contributed by atoms with Crippen LogP contribution in [0.1, 0.15) is 240 Å². The first-order valence-corrected chi connectivity index (χ1v) is 28.9. The van der Waals surface area contributed by atoms with E-state index in [4.69, 9.17) is 20.8 Å². The van der Waals surface area contributed by atoms with Gasteiger partial charge in [-0.25, -0.2) is 9.64 Å². The number of ether oxygens (including phenoxy) is 3. The van der Waals surface area contributed by atoms with Gasteiger partial charge in [-0.1, -0.05) is 260 Å². The van der Waals surface area contributed by atoms with E-state index in [0.717, 1.165) is 66.7 Å². The smallest absolute Gasteiger partial charge is 0.350 e. The maximum Gasteiger partial charge on any atom is 0.350 e. The molecule has 0 N–H and O–H groups in total. The molecule has 2 aliphatic rings. The van der Waals surface area contributed by atoms with Crippen molar-refractivity contribution >= 4 is 53.0 Å². The van der Waals surface area contributed by atoms with Gasteiger partial charge < -0.3 is 14.2 Å². The number of carbonyl (C=O) groups excluding carboxylic acids is 1. The van der Waals surface area contributed by atoms with Crippen molar-refractivity contribution in [2.75, 3.05) is 19.8 Å². The Hall–Kier alpha value is -1.85. The third-order valence-corrected chi connectivity index (χ3v) is 17.3. The second kappa shape index (κ2) is 36.3.